The molecule has 8 aromatic rings. The Kier molecular flexibility index (Phi) is 17.9. The normalized spacial score (nSPS) is 11.3. The monoisotopic (exact) mass is 1050 g/mol. The van der Waals surface area contributed by atoms with Crippen LogP contribution in [0.5, 0.6) is 0 Å². The van der Waals surface area contributed by atoms with Crippen molar-refractivity contribution in [3.63, 3.8) is 0 Å². The topological polar surface area (TPSA) is 363 Å². The second-order valence-corrected chi connectivity index (χ2v) is 16.9. The highest BCUT2D eigenvalue weighted by Gasteiger charge is 2.26. The Balaban J connectivity index is 0.000000722. The van der Waals surface area contributed by atoms with Crippen LogP contribution in [0.4, 0.5) is 0 Å². The number of aryl methyl sites for hydroxylation is 1. The van der Waals surface area contributed by atoms with Crippen molar-refractivity contribution in [1.29, 1.82) is 63.1 Å². The zero-order valence-corrected chi connectivity index (χ0v) is 43.6. The van der Waals surface area contributed by atoms with Crippen LogP contribution in [-0.4, -0.2) is 29.9 Å². The summed E-state index contributed by atoms with van der Waals surface area (Å²) < 4.78 is 0. The first-order valence-corrected chi connectivity index (χ1v) is 24.6. The third-order valence-electron chi connectivity index (χ3n) is 12.3. The molecule has 0 N–H and O–H groups in total. The van der Waals surface area contributed by atoms with Gasteiger partial charge in [0, 0.05) is 23.1 Å². The predicted octanol–water partition coefficient (Wildman–Crippen LogP) is 12.0. The zero-order chi connectivity index (χ0) is 58.9. The first-order valence-electron chi connectivity index (χ1n) is 24.6. The molecule has 0 unspecified atom stereocenters. The zero-order valence-electron chi connectivity index (χ0n) is 43.6. The lowest BCUT2D eigenvalue weighted by molar-refractivity contribution is 1.14. The smallest absolute Gasteiger partial charge is 0.120 e. The number of benzene rings is 5. The van der Waals surface area contributed by atoms with Gasteiger partial charge in [-0.25, -0.2) is 29.9 Å². The van der Waals surface area contributed by atoms with E-state index in [4.69, 9.17) is 40.4 Å². The van der Waals surface area contributed by atoms with Gasteiger partial charge in [-0.3, -0.25) is 0 Å². The summed E-state index contributed by atoms with van der Waals surface area (Å²) in [6.07, 6.45) is 9.91. The fourth-order valence-electron chi connectivity index (χ4n) is 8.47. The van der Waals surface area contributed by atoms with Crippen LogP contribution in [0.2, 0.25) is 0 Å². The van der Waals surface area contributed by atoms with Gasteiger partial charge in [0.15, 0.2) is 0 Å². The van der Waals surface area contributed by atoms with Gasteiger partial charge in [0.2, 0.25) is 0 Å². The van der Waals surface area contributed by atoms with E-state index in [0.29, 0.717) is 50.4 Å². The van der Waals surface area contributed by atoms with Crippen LogP contribution >= 0.6 is 0 Å². The average molecular weight is 1060 g/mol. The predicted molar refractivity (Wildman–Crippen MR) is 300 cm³/mol. The molecule has 380 valence electrons. The third kappa shape index (κ3) is 11.3. The number of hydrogen-bond acceptors (Lipinski definition) is 18. The molecule has 1 aliphatic rings. The summed E-state index contributed by atoms with van der Waals surface area (Å²) in [6, 6.07) is 44.9. The van der Waals surface area contributed by atoms with E-state index in [1.54, 1.807) is 79.8 Å². The highest BCUT2D eigenvalue weighted by atomic mass is 14.9. The van der Waals surface area contributed by atoms with E-state index in [-0.39, 0.29) is 120 Å². The van der Waals surface area contributed by atoms with Crippen molar-refractivity contribution in [1.82, 2.24) is 29.9 Å². The van der Waals surface area contributed by atoms with Gasteiger partial charge in [-0.05, 0) is 72.7 Å². The molecular formula is C64H34N18. The Morgan fingerprint density at radius 1 is 0.439 bits per heavy atom. The SMILES string of the molecule is CC.Cc1nc2c3nc(C4=CCC(C#N)=C(C#N)C=C4)c(-c4ccc(C#N)c(C#N)c4)nc3c3nc(-c4ccc(C#N)c(C#N)c4)c(-c4ccc(C#N)c(C#N)c4)nc3c2nc1C(/C=C\CC#N)=C/CC#N.N#Cc1ccccc1C#N. The summed E-state index contributed by atoms with van der Waals surface area (Å²) in [5.41, 5.74) is 6.13. The van der Waals surface area contributed by atoms with Crippen molar-refractivity contribution in [3.05, 3.63) is 188 Å². The molecule has 0 aliphatic heterocycles. The van der Waals surface area contributed by atoms with E-state index in [1.807, 2.05) is 44.2 Å². The van der Waals surface area contributed by atoms with E-state index in [2.05, 4.69) is 42.5 Å². The van der Waals surface area contributed by atoms with E-state index in [9.17, 15) is 52.6 Å². The van der Waals surface area contributed by atoms with Crippen molar-refractivity contribution in [2.24, 2.45) is 0 Å². The number of nitriles is 12. The molecule has 0 bridgehead atoms. The third-order valence-corrected chi connectivity index (χ3v) is 12.3. The van der Waals surface area contributed by atoms with Gasteiger partial charge in [0.05, 0.1) is 121 Å². The van der Waals surface area contributed by atoms with Gasteiger partial charge < -0.3 is 0 Å². The minimum Gasteiger partial charge on any atom is -0.247 e. The van der Waals surface area contributed by atoms with Crippen LogP contribution in [0.15, 0.2) is 126 Å². The molecule has 0 fully saturated rings. The molecule has 3 heterocycles. The van der Waals surface area contributed by atoms with Gasteiger partial charge in [0.1, 0.15) is 87.7 Å². The largest absolute Gasteiger partial charge is 0.247 e. The molecule has 3 aromatic heterocycles. The Labute approximate surface area is 470 Å². The molecule has 5 aromatic carbocycles. The van der Waals surface area contributed by atoms with Crippen LogP contribution in [0.25, 0.3) is 78.0 Å². The van der Waals surface area contributed by atoms with E-state index in [1.165, 1.54) is 42.5 Å². The number of rotatable bonds is 8. The Morgan fingerprint density at radius 2 is 0.841 bits per heavy atom. The quantitative estimate of drug-likeness (QED) is 0.101. The fourth-order valence-corrected chi connectivity index (χ4v) is 8.47. The summed E-state index contributed by atoms with van der Waals surface area (Å²) in [5.74, 6) is 0. The Bertz CT molecular complexity index is 4700. The molecule has 0 atom stereocenters. The number of nitrogens with zero attached hydrogens (tertiary/aromatic N) is 18. The molecule has 9 rings (SSSR count). The lowest BCUT2D eigenvalue weighted by Crippen LogP contribution is -2.06. The molecule has 0 saturated carbocycles. The molecule has 0 amide bonds. The number of fused-ring (bicyclic) bond motifs is 6. The minimum absolute atomic E-state index is 0.00858. The number of allylic oxidation sites excluding steroid dienone is 10. The van der Waals surface area contributed by atoms with Gasteiger partial charge >= 0.3 is 0 Å². The van der Waals surface area contributed by atoms with E-state index < -0.39 is 0 Å². The first kappa shape index (κ1) is 56.4. The summed E-state index contributed by atoms with van der Waals surface area (Å²) in [7, 11) is 0. The lowest BCUT2D eigenvalue weighted by Gasteiger charge is -2.17. The van der Waals surface area contributed by atoms with Crippen LogP contribution in [0.3, 0.4) is 0 Å². The van der Waals surface area contributed by atoms with Crippen molar-refractivity contribution in [2.75, 3.05) is 0 Å². The maximum Gasteiger partial charge on any atom is 0.120 e. The Hall–Kier alpha value is -13.3. The standard InChI is InChI=1S/C54H24N16.C8H4N2.C2H6/c1-30-44(31(6-4-18-56)5-2-3-17-55)66-50-49(65-30)51-53(68-46(33-9-14-38(24-59)41(19-33)27-62)45(67-51)32-7-12-36(22-57)37(23-58)13-8-32)54-52(50)69-47(34-10-15-39(25-60)42(20-34)28-63)48(70-54)35-11-16-40(26-61)43(21-35)29-64;9-5-7-3-1-2-4-8(7)6-10;1-2/h2,5-12,14-16,19-21H,3-4,13H2,1H3;1-4H;1-2H3/b5-2-,31-6+;;. The molecule has 0 spiro atoms. The van der Waals surface area contributed by atoms with Crippen LogP contribution < -0.4 is 0 Å². The average Bonchev–Trinajstić information content (AvgIpc) is 3.91. The fraction of sp³-hybridized carbons (Fsp3) is 0.0938. The molecule has 1 aliphatic carbocycles. The Morgan fingerprint density at radius 3 is 1.26 bits per heavy atom. The van der Waals surface area contributed by atoms with Gasteiger partial charge in [-0.2, -0.15) is 63.1 Å². The first-order chi connectivity index (χ1) is 40.0. The summed E-state index contributed by atoms with van der Waals surface area (Å²) in [4.78, 5) is 31.2. The second-order valence-electron chi connectivity index (χ2n) is 16.9. The van der Waals surface area contributed by atoms with Crippen LogP contribution in [0.1, 0.15) is 94.7 Å². The minimum atomic E-state index is -0.00858. The van der Waals surface area contributed by atoms with Crippen molar-refractivity contribution < 1.29 is 0 Å². The summed E-state index contributed by atoms with van der Waals surface area (Å²) in [5, 5.41) is 116. The van der Waals surface area contributed by atoms with Gasteiger partial charge in [-0.1, -0.05) is 74.6 Å². The maximum absolute atomic E-state index is 10.1. The molecule has 18 heteroatoms. The summed E-state index contributed by atoms with van der Waals surface area (Å²) in [6.45, 7) is 5.71. The van der Waals surface area contributed by atoms with E-state index >= 15 is 0 Å². The van der Waals surface area contributed by atoms with Gasteiger partial charge in [-0.15, -0.1) is 0 Å². The van der Waals surface area contributed by atoms with Crippen LogP contribution in [0, 0.1) is 143 Å². The van der Waals surface area contributed by atoms with Gasteiger partial charge in [0.25, 0.3) is 0 Å². The second kappa shape index (κ2) is 26.0. The molecule has 18 nitrogen and oxygen atoms in total. The van der Waals surface area contributed by atoms with Crippen molar-refractivity contribution >= 4 is 44.2 Å². The number of hydrogen-bond donors (Lipinski definition) is 0. The molecule has 0 saturated heterocycles. The highest BCUT2D eigenvalue weighted by Crippen LogP contribution is 2.41. The molecule has 82 heavy (non-hydrogen) atoms. The molecular weight excluding hydrogens is 1020 g/mol. The van der Waals surface area contributed by atoms with Crippen molar-refractivity contribution in [2.45, 2.75) is 40.0 Å². The molecule has 0 radical (unpaired) electrons. The number of aromatic nitrogens is 6. The maximum atomic E-state index is 10.1. The van der Waals surface area contributed by atoms with Crippen molar-refractivity contribution in [3.8, 4) is 107 Å². The summed E-state index contributed by atoms with van der Waals surface area (Å²) >= 11 is 0. The van der Waals surface area contributed by atoms with E-state index in [0.717, 1.165) is 0 Å². The van der Waals surface area contributed by atoms with Crippen LogP contribution in [-0.2, 0) is 0 Å². The highest BCUT2D eigenvalue weighted by molar-refractivity contribution is 6.19. The lowest BCUT2D eigenvalue weighted by atomic mass is 9.97.